The Hall–Kier alpha value is -0.430. The zero-order valence-electron chi connectivity index (χ0n) is 6.46. The smallest absolute Gasteiger partial charge is 0.199 e. The van der Waals surface area contributed by atoms with Crippen LogP contribution in [0.5, 0.6) is 0 Å². The number of rotatable bonds is 0. The van der Waals surface area contributed by atoms with Crippen molar-refractivity contribution in [1.82, 2.24) is 9.97 Å². The minimum Gasteiger partial charge on any atom is -0.383 e. The maximum absolute atomic E-state index is 5.72. The monoisotopic (exact) mass is 349 g/mol. The van der Waals surface area contributed by atoms with Gasteiger partial charge in [-0.25, -0.2) is 9.97 Å². The molecule has 0 spiro atoms. The highest BCUT2D eigenvalue weighted by Crippen LogP contribution is 2.21. The number of nitrogens with zero attached hydrogens (tertiary/aromatic N) is 2. The Bertz CT molecular complexity index is 467. The molecule has 0 fully saturated rings. The Morgan fingerprint density at radius 2 is 2.08 bits per heavy atom. The number of nitrogens with two attached hydrogens (primary N) is 1. The minimum absolute atomic E-state index is 0.508. The average molecular weight is 350 g/mol. The molecule has 0 radical (unpaired) electrons. The second-order valence-corrected chi connectivity index (χ2v) is 4.49. The van der Waals surface area contributed by atoms with Crippen LogP contribution in [-0.4, -0.2) is 9.97 Å². The summed E-state index contributed by atoms with van der Waals surface area (Å²) in [6.07, 6.45) is 0. The number of fused-ring (bicyclic) bond motifs is 1. The molecule has 0 aliphatic heterocycles. The first-order valence-electron chi connectivity index (χ1n) is 3.55. The summed E-state index contributed by atoms with van der Waals surface area (Å²) in [6.45, 7) is 0. The lowest BCUT2D eigenvalue weighted by Crippen LogP contribution is -1.95. The van der Waals surface area contributed by atoms with Crippen LogP contribution < -0.4 is 5.73 Å². The summed E-state index contributed by atoms with van der Waals surface area (Å²) in [5.74, 6) is 0.508. The largest absolute Gasteiger partial charge is 0.383 e. The second-order valence-electron chi connectivity index (χ2n) is 2.54. The summed E-state index contributed by atoms with van der Waals surface area (Å²) in [7, 11) is 0. The lowest BCUT2D eigenvalue weighted by atomic mass is 10.2. The minimum atomic E-state index is 0.508. The number of benzene rings is 1. The molecule has 0 saturated heterocycles. The van der Waals surface area contributed by atoms with E-state index in [1.807, 2.05) is 18.2 Å². The molecule has 0 saturated carbocycles. The van der Waals surface area contributed by atoms with Gasteiger partial charge >= 0.3 is 0 Å². The zero-order chi connectivity index (χ0) is 9.42. The summed E-state index contributed by atoms with van der Waals surface area (Å²) >= 11 is 5.44. The van der Waals surface area contributed by atoms with Crippen molar-refractivity contribution in [2.24, 2.45) is 0 Å². The Morgan fingerprint density at radius 1 is 1.31 bits per heavy atom. The Kier molecular flexibility index (Phi) is 2.37. The van der Waals surface area contributed by atoms with E-state index in [1.54, 1.807) is 0 Å². The van der Waals surface area contributed by atoms with Gasteiger partial charge in [0.25, 0.3) is 0 Å². The first-order chi connectivity index (χ1) is 6.16. The summed E-state index contributed by atoms with van der Waals surface area (Å²) in [4.78, 5) is 8.23. The van der Waals surface area contributed by atoms with E-state index < -0.39 is 0 Å². The molecule has 3 nitrogen and oxygen atoms in total. The number of aromatic nitrogens is 2. The van der Waals surface area contributed by atoms with E-state index in [0.717, 1.165) is 14.5 Å². The number of anilines is 1. The maximum atomic E-state index is 5.72. The predicted molar refractivity (Wildman–Crippen MR) is 64.4 cm³/mol. The standard InChI is InChI=1S/C8H5BrIN3/c9-8-12-6-3-4(10)1-2-5(6)7(11)13-8/h1-3H,(H2,11,12,13). The Balaban J connectivity index is 2.86. The molecule has 0 aliphatic rings. The van der Waals surface area contributed by atoms with Crippen molar-refractivity contribution in [1.29, 1.82) is 0 Å². The molecule has 0 atom stereocenters. The average Bonchev–Trinajstić information content (AvgIpc) is 2.02. The van der Waals surface area contributed by atoms with Gasteiger partial charge < -0.3 is 5.73 Å². The van der Waals surface area contributed by atoms with Crippen LogP contribution in [-0.2, 0) is 0 Å². The van der Waals surface area contributed by atoms with Gasteiger partial charge in [-0.2, -0.15) is 0 Å². The zero-order valence-corrected chi connectivity index (χ0v) is 10.2. The molecule has 0 unspecified atom stereocenters. The van der Waals surface area contributed by atoms with E-state index in [0.29, 0.717) is 10.6 Å². The van der Waals surface area contributed by atoms with Gasteiger partial charge in [-0.15, -0.1) is 0 Å². The number of halogens is 2. The molecular weight excluding hydrogens is 345 g/mol. The van der Waals surface area contributed by atoms with Crippen molar-refractivity contribution < 1.29 is 0 Å². The Labute approximate surface area is 97.0 Å². The van der Waals surface area contributed by atoms with Gasteiger partial charge in [0.1, 0.15) is 5.82 Å². The van der Waals surface area contributed by atoms with Crippen LogP contribution in [0.4, 0.5) is 5.82 Å². The van der Waals surface area contributed by atoms with Crippen LogP contribution >= 0.6 is 38.5 Å². The molecule has 1 aromatic heterocycles. The third-order valence-electron chi connectivity index (χ3n) is 1.66. The summed E-state index contributed by atoms with van der Waals surface area (Å²) in [5, 5.41) is 0.892. The number of nitrogen functional groups attached to an aromatic ring is 1. The van der Waals surface area contributed by atoms with Crippen molar-refractivity contribution in [3.63, 3.8) is 0 Å². The molecule has 1 aromatic carbocycles. The van der Waals surface area contributed by atoms with Gasteiger partial charge in [0.05, 0.1) is 5.52 Å². The van der Waals surface area contributed by atoms with E-state index in [-0.39, 0.29) is 0 Å². The Morgan fingerprint density at radius 3 is 2.85 bits per heavy atom. The summed E-state index contributed by atoms with van der Waals surface area (Å²) < 4.78 is 1.66. The van der Waals surface area contributed by atoms with Crippen molar-refractivity contribution in [2.75, 3.05) is 5.73 Å². The van der Waals surface area contributed by atoms with Crippen molar-refractivity contribution in [3.05, 3.63) is 26.5 Å². The van der Waals surface area contributed by atoms with Crippen molar-refractivity contribution in [2.45, 2.75) is 0 Å². The molecule has 2 rings (SSSR count). The van der Waals surface area contributed by atoms with Crippen LogP contribution in [0.2, 0.25) is 0 Å². The molecule has 0 aliphatic carbocycles. The molecule has 0 amide bonds. The van der Waals surface area contributed by atoms with Crippen LogP contribution in [0.1, 0.15) is 0 Å². The van der Waals surface area contributed by atoms with Gasteiger partial charge in [0.15, 0.2) is 4.73 Å². The van der Waals surface area contributed by atoms with Crippen molar-refractivity contribution >= 4 is 55.2 Å². The second kappa shape index (κ2) is 3.38. The molecule has 66 valence electrons. The number of hydrogen-bond donors (Lipinski definition) is 1. The summed E-state index contributed by atoms with van der Waals surface area (Å²) in [6, 6.07) is 5.88. The summed E-state index contributed by atoms with van der Waals surface area (Å²) in [5.41, 5.74) is 6.59. The van der Waals surface area contributed by atoms with E-state index >= 15 is 0 Å². The van der Waals surface area contributed by atoms with Gasteiger partial charge in [0, 0.05) is 8.96 Å². The molecule has 2 aromatic rings. The van der Waals surface area contributed by atoms with Crippen LogP contribution in [0.15, 0.2) is 22.9 Å². The molecule has 13 heavy (non-hydrogen) atoms. The van der Waals surface area contributed by atoms with E-state index in [1.165, 1.54) is 0 Å². The molecule has 2 N–H and O–H groups in total. The van der Waals surface area contributed by atoms with E-state index in [9.17, 15) is 0 Å². The third kappa shape index (κ3) is 1.76. The highest BCUT2D eigenvalue weighted by molar-refractivity contribution is 14.1. The van der Waals surface area contributed by atoms with Crippen LogP contribution in [0.25, 0.3) is 10.9 Å². The van der Waals surface area contributed by atoms with Crippen molar-refractivity contribution in [3.8, 4) is 0 Å². The highest BCUT2D eigenvalue weighted by Gasteiger charge is 2.02. The fourth-order valence-corrected chi connectivity index (χ4v) is 1.95. The van der Waals surface area contributed by atoms with Gasteiger partial charge in [-0.1, -0.05) is 0 Å². The van der Waals surface area contributed by atoms with Gasteiger partial charge in [0.2, 0.25) is 0 Å². The highest BCUT2D eigenvalue weighted by atomic mass is 127. The van der Waals surface area contributed by atoms with E-state index in [4.69, 9.17) is 5.73 Å². The fourth-order valence-electron chi connectivity index (χ4n) is 1.10. The molecule has 5 heteroatoms. The topological polar surface area (TPSA) is 51.8 Å². The first kappa shape index (κ1) is 9.14. The third-order valence-corrected chi connectivity index (χ3v) is 2.69. The maximum Gasteiger partial charge on any atom is 0.199 e. The van der Waals surface area contributed by atoms with Gasteiger partial charge in [-0.05, 0) is 56.7 Å². The van der Waals surface area contributed by atoms with Crippen LogP contribution in [0, 0.1) is 3.57 Å². The molecule has 0 bridgehead atoms. The lowest BCUT2D eigenvalue weighted by molar-refractivity contribution is 1.17. The first-order valence-corrected chi connectivity index (χ1v) is 5.42. The normalized spacial score (nSPS) is 10.6. The molecule has 1 heterocycles. The predicted octanol–water partition coefficient (Wildman–Crippen LogP) is 2.58. The van der Waals surface area contributed by atoms with Crippen LogP contribution in [0.3, 0.4) is 0 Å². The lowest BCUT2D eigenvalue weighted by Gasteiger charge is -2.01. The SMILES string of the molecule is Nc1nc(Br)nc2cc(I)ccc12. The fraction of sp³-hybridized carbons (Fsp3) is 0. The van der Waals surface area contributed by atoms with Gasteiger partial charge in [-0.3, -0.25) is 0 Å². The van der Waals surface area contributed by atoms with E-state index in [2.05, 4.69) is 48.5 Å². The number of hydrogen-bond acceptors (Lipinski definition) is 3. The quantitative estimate of drug-likeness (QED) is 0.587. The molecular formula is C8H5BrIN3.